The molecule has 132 valence electrons. The van der Waals surface area contributed by atoms with Gasteiger partial charge in [0.15, 0.2) is 11.6 Å². The molecule has 0 saturated heterocycles. The van der Waals surface area contributed by atoms with Crippen molar-refractivity contribution in [2.75, 3.05) is 7.11 Å². The largest absolute Gasteiger partial charge is 0.494 e. The molecule has 0 saturated carbocycles. The average molecular weight is 355 g/mol. The SMILES string of the molecule is COc1ccc(C(=O)NCc2cc(-c3ccc(F)cc3)ncn2)cc1F. The first-order valence-electron chi connectivity index (χ1n) is 7.75. The summed E-state index contributed by atoms with van der Waals surface area (Å²) in [6, 6.07) is 11.6. The van der Waals surface area contributed by atoms with Gasteiger partial charge in [-0.2, -0.15) is 0 Å². The maximum absolute atomic E-state index is 13.7. The average Bonchev–Trinajstić information content (AvgIpc) is 2.67. The monoisotopic (exact) mass is 355 g/mol. The zero-order chi connectivity index (χ0) is 18.5. The van der Waals surface area contributed by atoms with E-state index >= 15 is 0 Å². The summed E-state index contributed by atoms with van der Waals surface area (Å²) >= 11 is 0. The van der Waals surface area contributed by atoms with Gasteiger partial charge in [-0.1, -0.05) is 0 Å². The number of hydrogen-bond acceptors (Lipinski definition) is 4. The summed E-state index contributed by atoms with van der Waals surface area (Å²) in [5, 5.41) is 2.67. The third-order valence-corrected chi connectivity index (χ3v) is 3.71. The highest BCUT2D eigenvalue weighted by molar-refractivity contribution is 5.94. The number of hydrogen-bond donors (Lipinski definition) is 1. The van der Waals surface area contributed by atoms with E-state index in [1.54, 1.807) is 18.2 Å². The van der Waals surface area contributed by atoms with E-state index in [9.17, 15) is 13.6 Å². The molecule has 0 spiro atoms. The van der Waals surface area contributed by atoms with E-state index in [1.807, 2.05) is 0 Å². The number of methoxy groups -OCH3 is 1. The summed E-state index contributed by atoms with van der Waals surface area (Å²) in [5.74, 6) is -1.31. The van der Waals surface area contributed by atoms with E-state index < -0.39 is 11.7 Å². The first-order valence-corrected chi connectivity index (χ1v) is 7.75. The van der Waals surface area contributed by atoms with Crippen LogP contribution in [0.15, 0.2) is 54.9 Å². The lowest BCUT2D eigenvalue weighted by Crippen LogP contribution is -2.23. The predicted molar refractivity (Wildman–Crippen MR) is 91.5 cm³/mol. The van der Waals surface area contributed by atoms with Crippen molar-refractivity contribution in [1.82, 2.24) is 15.3 Å². The molecule has 1 amide bonds. The van der Waals surface area contributed by atoms with E-state index in [-0.39, 0.29) is 23.7 Å². The molecule has 0 bridgehead atoms. The Kier molecular flexibility index (Phi) is 5.17. The second kappa shape index (κ2) is 7.69. The lowest BCUT2D eigenvalue weighted by atomic mass is 10.1. The van der Waals surface area contributed by atoms with Crippen molar-refractivity contribution in [2.45, 2.75) is 6.54 Å². The highest BCUT2D eigenvalue weighted by Crippen LogP contribution is 2.19. The molecular formula is C19H15F2N3O2. The van der Waals surface area contributed by atoms with Gasteiger partial charge in [-0.05, 0) is 48.5 Å². The molecule has 1 aromatic heterocycles. The number of nitrogens with zero attached hydrogens (tertiary/aromatic N) is 2. The van der Waals surface area contributed by atoms with Crippen LogP contribution < -0.4 is 10.1 Å². The number of benzene rings is 2. The van der Waals surface area contributed by atoms with Crippen LogP contribution in [0.25, 0.3) is 11.3 Å². The minimum Gasteiger partial charge on any atom is -0.494 e. The van der Waals surface area contributed by atoms with Crippen LogP contribution in [0.3, 0.4) is 0 Å². The minimum atomic E-state index is -0.610. The van der Waals surface area contributed by atoms with E-state index in [4.69, 9.17) is 4.74 Å². The zero-order valence-electron chi connectivity index (χ0n) is 13.9. The second-order valence-corrected chi connectivity index (χ2v) is 5.43. The van der Waals surface area contributed by atoms with Crippen molar-refractivity contribution in [3.63, 3.8) is 0 Å². The normalized spacial score (nSPS) is 10.4. The maximum Gasteiger partial charge on any atom is 0.251 e. The van der Waals surface area contributed by atoms with Gasteiger partial charge >= 0.3 is 0 Å². The van der Waals surface area contributed by atoms with Gasteiger partial charge in [0.1, 0.15) is 12.1 Å². The molecule has 0 aliphatic rings. The first-order chi connectivity index (χ1) is 12.6. The van der Waals surface area contributed by atoms with Crippen molar-refractivity contribution in [2.24, 2.45) is 0 Å². The van der Waals surface area contributed by atoms with Crippen molar-refractivity contribution >= 4 is 5.91 Å². The van der Waals surface area contributed by atoms with Gasteiger partial charge in [0, 0.05) is 11.1 Å². The maximum atomic E-state index is 13.7. The van der Waals surface area contributed by atoms with Crippen molar-refractivity contribution in [3.8, 4) is 17.0 Å². The number of halogens is 2. The van der Waals surface area contributed by atoms with Crippen molar-refractivity contribution < 1.29 is 18.3 Å². The Balaban J connectivity index is 1.69. The summed E-state index contributed by atoms with van der Waals surface area (Å²) < 4.78 is 31.5. The number of nitrogens with one attached hydrogen (secondary N) is 1. The molecule has 26 heavy (non-hydrogen) atoms. The van der Waals surface area contributed by atoms with Gasteiger partial charge in [0.2, 0.25) is 0 Å². The van der Waals surface area contributed by atoms with E-state index in [2.05, 4.69) is 15.3 Å². The third-order valence-electron chi connectivity index (χ3n) is 3.71. The Morgan fingerprint density at radius 1 is 1.08 bits per heavy atom. The van der Waals surface area contributed by atoms with Crippen LogP contribution in [0.1, 0.15) is 16.1 Å². The lowest BCUT2D eigenvalue weighted by Gasteiger charge is -2.08. The fraction of sp³-hybridized carbons (Fsp3) is 0.105. The Hall–Kier alpha value is -3.35. The van der Waals surface area contributed by atoms with E-state index in [1.165, 1.54) is 37.7 Å². The van der Waals surface area contributed by atoms with Gasteiger partial charge in [0.05, 0.1) is 25.0 Å². The molecule has 1 N–H and O–H groups in total. The lowest BCUT2D eigenvalue weighted by molar-refractivity contribution is 0.0950. The standard InChI is InChI=1S/C19H15F2N3O2/c1-26-18-7-4-13(8-16(18)21)19(25)22-10-15-9-17(24-11-23-15)12-2-5-14(20)6-3-12/h2-9,11H,10H2,1H3,(H,22,25). The number of rotatable bonds is 5. The fourth-order valence-electron chi connectivity index (χ4n) is 2.35. The van der Waals surface area contributed by atoms with Crippen LogP contribution in [0.5, 0.6) is 5.75 Å². The smallest absolute Gasteiger partial charge is 0.251 e. The second-order valence-electron chi connectivity index (χ2n) is 5.43. The molecule has 7 heteroatoms. The molecule has 0 radical (unpaired) electrons. The third kappa shape index (κ3) is 4.00. The Bertz CT molecular complexity index is 930. The molecule has 3 rings (SSSR count). The molecule has 3 aromatic rings. The number of amides is 1. The summed E-state index contributed by atoms with van der Waals surface area (Å²) in [5.41, 5.74) is 2.09. The fourth-order valence-corrected chi connectivity index (χ4v) is 2.35. The van der Waals surface area contributed by atoms with Gasteiger partial charge in [-0.25, -0.2) is 18.7 Å². The predicted octanol–water partition coefficient (Wildman–Crippen LogP) is 3.36. The molecule has 0 atom stereocenters. The van der Waals surface area contributed by atoms with Gasteiger partial charge in [-0.3, -0.25) is 4.79 Å². The molecule has 0 aliphatic heterocycles. The molecule has 2 aromatic carbocycles. The highest BCUT2D eigenvalue weighted by atomic mass is 19.1. The van der Waals surface area contributed by atoms with E-state index in [0.717, 1.165) is 11.6 Å². The molecule has 0 aliphatic carbocycles. The zero-order valence-corrected chi connectivity index (χ0v) is 13.9. The summed E-state index contributed by atoms with van der Waals surface area (Å²) in [6.45, 7) is 0.142. The number of carbonyl (C=O) groups is 1. The summed E-state index contributed by atoms with van der Waals surface area (Å²) in [7, 11) is 1.35. The van der Waals surface area contributed by atoms with Crippen LogP contribution in [-0.4, -0.2) is 23.0 Å². The minimum absolute atomic E-state index is 0.0706. The Morgan fingerprint density at radius 3 is 2.54 bits per heavy atom. The molecule has 0 unspecified atom stereocenters. The number of carbonyl (C=O) groups excluding carboxylic acids is 1. The summed E-state index contributed by atoms with van der Waals surface area (Å²) in [4.78, 5) is 20.4. The topological polar surface area (TPSA) is 64.1 Å². The van der Waals surface area contributed by atoms with Crippen LogP contribution >= 0.6 is 0 Å². The first kappa shape index (κ1) is 17.5. The quantitative estimate of drug-likeness (QED) is 0.762. The van der Waals surface area contributed by atoms with Gasteiger partial charge in [-0.15, -0.1) is 0 Å². The van der Waals surface area contributed by atoms with Crippen LogP contribution in [0, 0.1) is 11.6 Å². The van der Waals surface area contributed by atoms with Crippen LogP contribution in [0.2, 0.25) is 0 Å². The van der Waals surface area contributed by atoms with E-state index in [0.29, 0.717) is 11.4 Å². The van der Waals surface area contributed by atoms with Crippen molar-refractivity contribution in [1.29, 1.82) is 0 Å². The molecule has 0 fully saturated rings. The van der Waals surface area contributed by atoms with Crippen LogP contribution in [0.4, 0.5) is 8.78 Å². The number of aromatic nitrogens is 2. The van der Waals surface area contributed by atoms with Crippen molar-refractivity contribution in [3.05, 3.63) is 77.8 Å². The summed E-state index contributed by atoms with van der Waals surface area (Å²) in [6.07, 6.45) is 1.37. The Morgan fingerprint density at radius 2 is 1.85 bits per heavy atom. The van der Waals surface area contributed by atoms with Gasteiger partial charge < -0.3 is 10.1 Å². The highest BCUT2D eigenvalue weighted by Gasteiger charge is 2.10. The Labute approximate surface area is 148 Å². The van der Waals surface area contributed by atoms with Crippen LogP contribution in [-0.2, 0) is 6.54 Å². The number of ether oxygens (including phenoxy) is 1. The molecule has 1 heterocycles. The molecular weight excluding hydrogens is 340 g/mol. The van der Waals surface area contributed by atoms with Gasteiger partial charge in [0.25, 0.3) is 5.91 Å². The molecule has 5 nitrogen and oxygen atoms in total.